The molecule has 3 heteroatoms. The topological polar surface area (TPSA) is 27.0 Å². The third-order valence-corrected chi connectivity index (χ3v) is 3.17. The van der Waals surface area contributed by atoms with Gasteiger partial charge in [0.1, 0.15) is 5.38 Å². The van der Waals surface area contributed by atoms with Crippen molar-refractivity contribution in [1.29, 1.82) is 5.26 Å². The Bertz CT molecular complexity index is 200. The molecule has 3 unspecified atom stereocenters. The van der Waals surface area contributed by atoms with Crippen molar-refractivity contribution in [3.63, 3.8) is 0 Å². The fraction of sp³-hybridized carbons (Fsp3) is 0.900. The van der Waals surface area contributed by atoms with Crippen molar-refractivity contribution < 1.29 is 0 Å². The molecule has 0 spiro atoms. The van der Waals surface area contributed by atoms with Crippen LogP contribution < -0.4 is 0 Å². The molecule has 74 valence electrons. The van der Waals surface area contributed by atoms with Crippen molar-refractivity contribution in [2.45, 2.75) is 50.6 Å². The van der Waals surface area contributed by atoms with Crippen LogP contribution in [0.5, 0.6) is 0 Å². The molecule has 1 fully saturated rings. The fourth-order valence-corrected chi connectivity index (χ4v) is 2.28. The number of likely N-dealkylation sites (tertiary alicyclic amines) is 1. The number of nitrogens with zero attached hydrogens (tertiary/aromatic N) is 2. The first-order valence-corrected chi connectivity index (χ1v) is 5.42. The van der Waals surface area contributed by atoms with Gasteiger partial charge in [0, 0.05) is 18.6 Å². The molecule has 0 radical (unpaired) electrons. The van der Waals surface area contributed by atoms with Crippen LogP contribution >= 0.6 is 11.6 Å². The normalized spacial score (nSPS) is 31.5. The summed E-state index contributed by atoms with van der Waals surface area (Å²) >= 11 is 5.83. The van der Waals surface area contributed by atoms with E-state index < -0.39 is 0 Å². The van der Waals surface area contributed by atoms with Crippen molar-refractivity contribution >= 4 is 11.6 Å². The van der Waals surface area contributed by atoms with Gasteiger partial charge in [-0.3, -0.25) is 4.90 Å². The molecule has 3 atom stereocenters. The molecular formula is C10H17ClN2. The highest BCUT2D eigenvalue weighted by Gasteiger charge is 2.30. The molecule has 1 heterocycles. The lowest BCUT2D eigenvalue weighted by atomic mass is 10.1. The number of hydrogen-bond donors (Lipinski definition) is 0. The first-order valence-electron chi connectivity index (χ1n) is 4.98. The van der Waals surface area contributed by atoms with Crippen molar-refractivity contribution in [2.75, 3.05) is 6.54 Å². The minimum atomic E-state index is -0.352. The standard InChI is InChI=1S/C10H17ClN2/c1-3-10-5-4-8(2)13(10)7-9(11)6-12/h8-10H,3-5,7H2,1-2H3. The Labute approximate surface area is 85.5 Å². The van der Waals surface area contributed by atoms with Gasteiger partial charge in [-0.05, 0) is 26.2 Å². The zero-order chi connectivity index (χ0) is 9.84. The lowest BCUT2D eigenvalue weighted by molar-refractivity contribution is 0.204. The maximum atomic E-state index is 8.63. The van der Waals surface area contributed by atoms with Crippen molar-refractivity contribution in [3.8, 4) is 6.07 Å². The van der Waals surface area contributed by atoms with Crippen LogP contribution in [0.3, 0.4) is 0 Å². The van der Waals surface area contributed by atoms with Crippen LogP contribution in [0, 0.1) is 11.3 Å². The first-order chi connectivity index (χ1) is 6.19. The summed E-state index contributed by atoms with van der Waals surface area (Å²) in [5, 5.41) is 8.28. The summed E-state index contributed by atoms with van der Waals surface area (Å²) in [7, 11) is 0. The summed E-state index contributed by atoms with van der Waals surface area (Å²) in [4.78, 5) is 2.38. The van der Waals surface area contributed by atoms with Crippen LogP contribution in [-0.2, 0) is 0 Å². The molecular weight excluding hydrogens is 184 g/mol. The molecule has 0 saturated carbocycles. The number of hydrogen-bond acceptors (Lipinski definition) is 2. The highest BCUT2D eigenvalue weighted by atomic mass is 35.5. The van der Waals surface area contributed by atoms with Crippen molar-refractivity contribution in [1.82, 2.24) is 4.90 Å². The van der Waals surface area contributed by atoms with E-state index in [1.54, 1.807) is 0 Å². The molecule has 0 aliphatic carbocycles. The zero-order valence-corrected chi connectivity index (χ0v) is 9.09. The van der Waals surface area contributed by atoms with E-state index in [4.69, 9.17) is 16.9 Å². The Morgan fingerprint density at radius 3 is 2.85 bits per heavy atom. The Balaban J connectivity index is 2.50. The zero-order valence-electron chi connectivity index (χ0n) is 8.33. The molecule has 0 N–H and O–H groups in total. The lowest BCUT2D eigenvalue weighted by Crippen LogP contribution is -2.38. The summed E-state index contributed by atoms with van der Waals surface area (Å²) in [6, 6.07) is 3.32. The van der Waals surface area contributed by atoms with Crippen LogP contribution in [0.15, 0.2) is 0 Å². The van der Waals surface area contributed by atoms with E-state index in [0.29, 0.717) is 12.1 Å². The first kappa shape index (κ1) is 10.8. The van der Waals surface area contributed by atoms with E-state index in [-0.39, 0.29) is 5.38 Å². The van der Waals surface area contributed by atoms with Gasteiger partial charge in [0.05, 0.1) is 6.07 Å². The van der Waals surface area contributed by atoms with Crippen LogP contribution in [0.25, 0.3) is 0 Å². The monoisotopic (exact) mass is 200 g/mol. The third kappa shape index (κ3) is 2.59. The van der Waals surface area contributed by atoms with Gasteiger partial charge >= 0.3 is 0 Å². The minimum Gasteiger partial charge on any atom is -0.295 e. The smallest absolute Gasteiger partial charge is 0.133 e. The van der Waals surface area contributed by atoms with Gasteiger partial charge in [0.15, 0.2) is 0 Å². The molecule has 13 heavy (non-hydrogen) atoms. The Morgan fingerprint density at radius 2 is 2.31 bits per heavy atom. The van der Waals surface area contributed by atoms with Gasteiger partial charge in [0.2, 0.25) is 0 Å². The third-order valence-electron chi connectivity index (χ3n) is 2.94. The Kier molecular flexibility index (Phi) is 4.02. The second kappa shape index (κ2) is 4.83. The minimum absolute atomic E-state index is 0.352. The largest absolute Gasteiger partial charge is 0.295 e. The van der Waals surface area contributed by atoms with Gasteiger partial charge < -0.3 is 0 Å². The quantitative estimate of drug-likeness (QED) is 0.655. The molecule has 0 aromatic carbocycles. The van der Waals surface area contributed by atoms with Gasteiger partial charge in [-0.2, -0.15) is 5.26 Å². The van der Waals surface area contributed by atoms with Crippen LogP contribution in [0.4, 0.5) is 0 Å². The summed E-state index contributed by atoms with van der Waals surface area (Å²) in [5.41, 5.74) is 0. The summed E-state index contributed by atoms with van der Waals surface area (Å²) in [6.07, 6.45) is 3.67. The van der Waals surface area contributed by atoms with Gasteiger partial charge in [0.25, 0.3) is 0 Å². The van der Waals surface area contributed by atoms with E-state index in [1.165, 1.54) is 19.3 Å². The number of rotatable bonds is 3. The maximum absolute atomic E-state index is 8.63. The second-order valence-corrected chi connectivity index (χ2v) is 4.31. The van der Waals surface area contributed by atoms with E-state index in [2.05, 4.69) is 24.8 Å². The molecule has 0 aromatic rings. The number of alkyl halides is 1. The van der Waals surface area contributed by atoms with Gasteiger partial charge in [-0.25, -0.2) is 0 Å². The summed E-state index contributed by atoms with van der Waals surface area (Å²) in [6.45, 7) is 5.14. The van der Waals surface area contributed by atoms with E-state index in [0.717, 1.165) is 6.54 Å². The molecule has 2 nitrogen and oxygen atoms in total. The SMILES string of the molecule is CCC1CCC(C)N1CC(Cl)C#N. The maximum Gasteiger partial charge on any atom is 0.133 e. The molecule has 0 bridgehead atoms. The number of nitriles is 1. The molecule has 1 aliphatic heterocycles. The lowest BCUT2D eigenvalue weighted by Gasteiger charge is -2.27. The number of halogens is 1. The molecule has 0 aromatic heterocycles. The van der Waals surface area contributed by atoms with Crippen LogP contribution in [0.1, 0.15) is 33.1 Å². The molecule has 1 saturated heterocycles. The predicted octanol–water partition coefficient (Wildman–Crippen LogP) is 2.38. The van der Waals surface area contributed by atoms with E-state index in [9.17, 15) is 0 Å². The van der Waals surface area contributed by atoms with E-state index in [1.807, 2.05) is 0 Å². The Hall–Kier alpha value is -0.260. The summed E-state index contributed by atoms with van der Waals surface area (Å²) < 4.78 is 0. The summed E-state index contributed by atoms with van der Waals surface area (Å²) in [5.74, 6) is 0. The van der Waals surface area contributed by atoms with Crippen LogP contribution in [0.2, 0.25) is 0 Å². The molecule has 1 rings (SSSR count). The highest BCUT2D eigenvalue weighted by Crippen LogP contribution is 2.26. The van der Waals surface area contributed by atoms with Crippen molar-refractivity contribution in [3.05, 3.63) is 0 Å². The van der Waals surface area contributed by atoms with Gasteiger partial charge in [-0.15, -0.1) is 11.6 Å². The average Bonchev–Trinajstić information content (AvgIpc) is 2.48. The molecule has 0 amide bonds. The fourth-order valence-electron chi connectivity index (χ4n) is 2.12. The average molecular weight is 201 g/mol. The second-order valence-electron chi connectivity index (χ2n) is 3.78. The highest BCUT2D eigenvalue weighted by molar-refractivity contribution is 6.22. The van der Waals surface area contributed by atoms with Crippen molar-refractivity contribution in [2.24, 2.45) is 0 Å². The van der Waals surface area contributed by atoms with Gasteiger partial charge in [-0.1, -0.05) is 6.92 Å². The van der Waals surface area contributed by atoms with Crippen LogP contribution in [-0.4, -0.2) is 28.9 Å². The Morgan fingerprint density at radius 1 is 1.62 bits per heavy atom. The van der Waals surface area contributed by atoms with E-state index >= 15 is 0 Å². The predicted molar refractivity (Wildman–Crippen MR) is 54.7 cm³/mol. The molecule has 1 aliphatic rings.